The minimum Gasteiger partial charge on any atom is -0.481 e. The van der Waals surface area contributed by atoms with E-state index in [2.05, 4.69) is 10.3 Å². The zero-order chi connectivity index (χ0) is 15.2. The van der Waals surface area contributed by atoms with Gasteiger partial charge in [0.25, 0.3) is 5.91 Å². The van der Waals surface area contributed by atoms with E-state index in [1.54, 1.807) is 43.6 Å². The Bertz CT molecular complexity index is 604. The Balaban J connectivity index is 1.94. The number of rotatable bonds is 5. The Morgan fingerprint density at radius 3 is 2.62 bits per heavy atom. The van der Waals surface area contributed by atoms with Crippen LogP contribution in [0, 0.1) is 0 Å². The van der Waals surface area contributed by atoms with E-state index in [0.717, 1.165) is 5.56 Å². The number of ether oxygens (including phenoxy) is 1. The molecule has 0 spiro atoms. The molecule has 1 aromatic carbocycles. The van der Waals surface area contributed by atoms with Crippen molar-refractivity contribution in [3.63, 3.8) is 0 Å². The van der Waals surface area contributed by atoms with Crippen molar-refractivity contribution in [3.8, 4) is 5.75 Å². The predicted molar refractivity (Wildman–Crippen MR) is 82.3 cm³/mol. The summed E-state index contributed by atoms with van der Waals surface area (Å²) in [4.78, 5) is 16.1. The fraction of sp³-hybridized carbons (Fsp3) is 0.250. The van der Waals surface area contributed by atoms with E-state index in [0.29, 0.717) is 10.8 Å². The molecule has 0 aliphatic rings. The molecule has 1 amide bonds. The zero-order valence-corrected chi connectivity index (χ0v) is 12.7. The standard InChI is InChI=1S/C16H17ClN2O2/c1-11(13-6-8-18-9-7-13)19-16(20)12(2)21-15-5-3-4-14(17)10-15/h3-12H,1-2H3,(H,19,20). The molecule has 5 heteroatoms. The van der Waals surface area contributed by atoms with Gasteiger partial charge in [0.2, 0.25) is 0 Å². The molecule has 2 rings (SSSR count). The number of benzene rings is 1. The molecule has 1 N–H and O–H groups in total. The van der Waals surface area contributed by atoms with Gasteiger partial charge in [0.15, 0.2) is 6.10 Å². The number of carbonyl (C=O) groups excluding carboxylic acids is 1. The van der Waals surface area contributed by atoms with Gasteiger partial charge in [0, 0.05) is 17.4 Å². The molecule has 0 saturated carbocycles. The number of nitrogens with one attached hydrogen (secondary N) is 1. The van der Waals surface area contributed by atoms with Crippen molar-refractivity contribution in [2.24, 2.45) is 0 Å². The Morgan fingerprint density at radius 1 is 1.24 bits per heavy atom. The first kappa shape index (κ1) is 15.3. The lowest BCUT2D eigenvalue weighted by atomic mass is 10.1. The topological polar surface area (TPSA) is 51.2 Å². The highest BCUT2D eigenvalue weighted by atomic mass is 35.5. The van der Waals surface area contributed by atoms with Crippen molar-refractivity contribution in [1.82, 2.24) is 10.3 Å². The molecule has 0 saturated heterocycles. The highest BCUT2D eigenvalue weighted by Crippen LogP contribution is 2.18. The summed E-state index contributed by atoms with van der Waals surface area (Å²) < 4.78 is 5.58. The summed E-state index contributed by atoms with van der Waals surface area (Å²) in [6.45, 7) is 3.62. The first-order valence-corrected chi connectivity index (χ1v) is 7.06. The number of halogens is 1. The molecule has 1 heterocycles. The second-order valence-electron chi connectivity index (χ2n) is 4.73. The summed E-state index contributed by atoms with van der Waals surface area (Å²) in [5, 5.41) is 3.48. The summed E-state index contributed by atoms with van der Waals surface area (Å²) >= 11 is 5.89. The first-order valence-electron chi connectivity index (χ1n) is 6.69. The summed E-state index contributed by atoms with van der Waals surface area (Å²) in [6.07, 6.45) is 2.79. The number of aromatic nitrogens is 1. The highest BCUT2D eigenvalue weighted by Gasteiger charge is 2.17. The van der Waals surface area contributed by atoms with Crippen molar-refractivity contribution in [1.29, 1.82) is 0 Å². The molecule has 0 aliphatic heterocycles. The minimum atomic E-state index is -0.604. The number of nitrogens with zero attached hydrogens (tertiary/aromatic N) is 1. The van der Waals surface area contributed by atoms with Crippen LogP contribution < -0.4 is 10.1 Å². The van der Waals surface area contributed by atoms with Crippen LogP contribution in [0.5, 0.6) is 5.75 Å². The average molecular weight is 305 g/mol. The first-order chi connectivity index (χ1) is 10.1. The maximum Gasteiger partial charge on any atom is 0.261 e. The van der Waals surface area contributed by atoms with Crippen LogP contribution in [0.3, 0.4) is 0 Å². The Hall–Kier alpha value is -2.07. The molecule has 2 aromatic rings. The van der Waals surface area contributed by atoms with E-state index in [9.17, 15) is 4.79 Å². The molecule has 0 bridgehead atoms. The smallest absolute Gasteiger partial charge is 0.261 e. The van der Waals surface area contributed by atoms with Crippen LogP contribution in [-0.2, 0) is 4.79 Å². The molecule has 1 aromatic heterocycles. The zero-order valence-electron chi connectivity index (χ0n) is 11.9. The molecular formula is C16H17ClN2O2. The summed E-state index contributed by atoms with van der Waals surface area (Å²) in [5.41, 5.74) is 0.994. The van der Waals surface area contributed by atoms with Gasteiger partial charge in [-0.3, -0.25) is 9.78 Å². The third-order valence-corrected chi connectivity index (χ3v) is 3.28. The van der Waals surface area contributed by atoms with Gasteiger partial charge in [-0.05, 0) is 49.7 Å². The summed E-state index contributed by atoms with van der Waals surface area (Å²) in [6, 6.07) is 10.6. The molecule has 110 valence electrons. The molecule has 0 aliphatic carbocycles. The molecule has 21 heavy (non-hydrogen) atoms. The van der Waals surface area contributed by atoms with Crippen LogP contribution in [0.2, 0.25) is 5.02 Å². The summed E-state index contributed by atoms with van der Waals surface area (Å²) in [5.74, 6) is 0.390. The number of amides is 1. The van der Waals surface area contributed by atoms with E-state index >= 15 is 0 Å². The van der Waals surface area contributed by atoms with Gasteiger partial charge in [-0.2, -0.15) is 0 Å². The van der Waals surface area contributed by atoms with Crippen molar-refractivity contribution in [2.75, 3.05) is 0 Å². The molecule has 0 fully saturated rings. The van der Waals surface area contributed by atoms with Gasteiger partial charge in [-0.1, -0.05) is 17.7 Å². The quantitative estimate of drug-likeness (QED) is 0.921. The van der Waals surface area contributed by atoms with Gasteiger partial charge in [0.05, 0.1) is 6.04 Å². The Kier molecular flexibility index (Phi) is 5.17. The normalized spacial score (nSPS) is 13.3. The van der Waals surface area contributed by atoms with Crippen LogP contribution in [0.4, 0.5) is 0 Å². The van der Waals surface area contributed by atoms with E-state index in [1.165, 1.54) is 0 Å². The maximum absolute atomic E-state index is 12.1. The van der Waals surface area contributed by atoms with E-state index in [1.807, 2.05) is 19.1 Å². The minimum absolute atomic E-state index is 0.106. The van der Waals surface area contributed by atoms with Gasteiger partial charge in [0.1, 0.15) is 5.75 Å². The van der Waals surface area contributed by atoms with Gasteiger partial charge < -0.3 is 10.1 Å². The maximum atomic E-state index is 12.1. The predicted octanol–water partition coefficient (Wildman–Crippen LogP) is 3.38. The molecule has 2 atom stereocenters. The summed E-state index contributed by atoms with van der Waals surface area (Å²) in [7, 11) is 0. The van der Waals surface area contributed by atoms with Crippen LogP contribution in [0.15, 0.2) is 48.8 Å². The average Bonchev–Trinajstić information content (AvgIpc) is 2.48. The van der Waals surface area contributed by atoms with E-state index in [4.69, 9.17) is 16.3 Å². The van der Waals surface area contributed by atoms with Crippen LogP contribution in [-0.4, -0.2) is 17.0 Å². The fourth-order valence-corrected chi connectivity index (χ4v) is 2.04. The van der Waals surface area contributed by atoms with Crippen LogP contribution in [0.25, 0.3) is 0 Å². The second-order valence-corrected chi connectivity index (χ2v) is 5.16. The van der Waals surface area contributed by atoms with Gasteiger partial charge in [-0.15, -0.1) is 0 Å². The van der Waals surface area contributed by atoms with Crippen molar-refractivity contribution in [3.05, 3.63) is 59.4 Å². The Morgan fingerprint density at radius 2 is 1.95 bits per heavy atom. The number of hydrogen-bond donors (Lipinski definition) is 1. The molecular weight excluding hydrogens is 288 g/mol. The lowest BCUT2D eigenvalue weighted by molar-refractivity contribution is -0.127. The number of pyridine rings is 1. The lowest BCUT2D eigenvalue weighted by Gasteiger charge is -2.19. The van der Waals surface area contributed by atoms with Crippen molar-refractivity contribution < 1.29 is 9.53 Å². The largest absolute Gasteiger partial charge is 0.481 e. The van der Waals surface area contributed by atoms with E-state index in [-0.39, 0.29) is 11.9 Å². The van der Waals surface area contributed by atoms with Gasteiger partial charge >= 0.3 is 0 Å². The fourth-order valence-electron chi connectivity index (χ4n) is 1.86. The van der Waals surface area contributed by atoms with Crippen LogP contribution in [0.1, 0.15) is 25.5 Å². The lowest BCUT2D eigenvalue weighted by Crippen LogP contribution is -2.37. The second kappa shape index (κ2) is 7.09. The molecule has 4 nitrogen and oxygen atoms in total. The van der Waals surface area contributed by atoms with E-state index < -0.39 is 6.10 Å². The number of hydrogen-bond acceptors (Lipinski definition) is 3. The van der Waals surface area contributed by atoms with Crippen LogP contribution >= 0.6 is 11.6 Å². The monoisotopic (exact) mass is 304 g/mol. The van der Waals surface area contributed by atoms with Gasteiger partial charge in [-0.25, -0.2) is 0 Å². The molecule has 2 unspecified atom stereocenters. The Labute approximate surface area is 129 Å². The van der Waals surface area contributed by atoms with Crippen molar-refractivity contribution in [2.45, 2.75) is 26.0 Å². The third-order valence-electron chi connectivity index (χ3n) is 3.04. The number of carbonyl (C=O) groups is 1. The highest BCUT2D eigenvalue weighted by molar-refractivity contribution is 6.30. The SMILES string of the molecule is CC(Oc1cccc(Cl)c1)C(=O)NC(C)c1ccncc1. The third kappa shape index (κ3) is 4.46. The van der Waals surface area contributed by atoms with Crippen molar-refractivity contribution >= 4 is 17.5 Å². The molecule has 0 radical (unpaired) electrons.